The molecule has 0 nitrogen and oxygen atoms in total. The first-order chi connectivity index (χ1) is 10.1. The summed E-state index contributed by atoms with van der Waals surface area (Å²) >= 11 is 6.60. The van der Waals surface area contributed by atoms with E-state index in [1.54, 1.807) is 19.1 Å². The fourth-order valence-corrected chi connectivity index (χ4v) is 3.09. The Bertz CT molecular complexity index is 808. The highest BCUT2D eigenvalue weighted by atomic mass is 35.5. The Labute approximate surface area is 129 Å². The van der Waals surface area contributed by atoms with E-state index in [0.717, 1.165) is 16.3 Å². The first-order valence-electron chi connectivity index (χ1n) is 6.97. The maximum atomic E-state index is 14.3. The molecule has 0 aromatic heterocycles. The molecule has 1 atom stereocenters. The molecule has 0 aliphatic heterocycles. The summed E-state index contributed by atoms with van der Waals surface area (Å²) in [6, 6.07) is 17.5. The Balaban J connectivity index is 2.21. The summed E-state index contributed by atoms with van der Waals surface area (Å²) < 4.78 is 14.3. The van der Waals surface area contributed by atoms with E-state index in [4.69, 9.17) is 11.6 Å². The third kappa shape index (κ3) is 2.43. The largest absolute Gasteiger partial charge is 0.206 e. The molecule has 0 saturated heterocycles. The Kier molecular flexibility index (Phi) is 3.69. The zero-order valence-corrected chi connectivity index (χ0v) is 12.8. The maximum Gasteiger partial charge on any atom is 0.131 e. The Morgan fingerprint density at radius 1 is 0.762 bits per heavy atom. The molecule has 0 radical (unpaired) electrons. The minimum Gasteiger partial charge on any atom is -0.206 e. The van der Waals surface area contributed by atoms with Gasteiger partial charge in [-0.15, -0.1) is 11.6 Å². The average Bonchev–Trinajstić information content (AvgIpc) is 2.50. The van der Waals surface area contributed by atoms with E-state index in [0.29, 0.717) is 11.1 Å². The molecule has 0 aliphatic rings. The average molecular weight is 299 g/mol. The third-order valence-corrected chi connectivity index (χ3v) is 4.41. The molecule has 3 rings (SSSR count). The zero-order chi connectivity index (χ0) is 15.0. The van der Waals surface area contributed by atoms with Gasteiger partial charge in [-0.3, -0.25) is 0 Å². The molecule has 3 aromatic carbocycles. The van der Waals surface area contributed by atoms with Crippen molar-refractivity contribution < 1.29 is 4.39 Å². The number of alkyl halides is 1. The van der Waals surface area contributed by atoms with E-state index in [1.807, 2.05) is 36.4 Å². The standard InChI is InChI=1S/C19H16ClF/c1-12-10-11-16(15-8-4-3-7-14(12)15)18(20)17-9-5-6-13(2)19(17)21/h3-11,18H,1-2H3. The summed E-state index contributed by atoms with van der Waals surface area (Å²) in [6.07, 6.45) is 0. The van der Waals surface area contributed by atoms with Gasteiger partial charge in [0.2, 0.25) is 0 Å². The summed E-state index contributed by atoms with van der Waals surface area (Å²) in [7, 11) is 0. The number of fused-ring (bicyclic) bond motifs is 1. The number of benzene rings is 3. The summed E-state index contributed by atoms with van der Waals surface area (Å²) in [6.45, 7) is 3.83. The topological polar surface area (TPSA) is 0 Å². The van der Waals surface area contributed by atoms with Crippen LogP contribution in [0, 0.1) is 19.7 Å². The predicted molar refractivity (Wildman–Crippen MR) is 87.5 cm³/mol. The molecule has 0 amide bonds. The van der Waals surface area contributed by atoms with Gasteiger partial charge in [-0.05, 0) is 41.3 Å². The lowest BCUT2D eigenvalue weighted by Gasteiger charge is -2.16. The van der Waals surface area contributed by atoms with Crippen molar-refractivity contribution >= 4 is 22.4 Å². The van der Waals surface area contributed by atoms with Crippen molar-refractivity contribution in [1.82, 2.24) is 0 Å². The Hall–Kier alpha value is -1.86. The van der Waals surface area contributed by atoms with E-state index in [9.17, 15) is 4.39 Å². The number of rotatable bonds is 2. The molecular weight excluding hydrogens is 283 g/mol. The molecule has 2 heteroatoms. The van der Waals surface area contributed by atoms with E-state index >= 15 is 0 Å². The van der Waals surface area contributed by atoms with Gasteiger partial charge in [-0.25, -0.2) is 4.39 Å². The number of halogens is 2. The summed E-state index contributed by atoms with van der Waals surface area (Å²) in [5.41, 5.74) is 3.30. The van der Waals surface area contributed by atoms with Crippen LogP contribution in [0.1, 0.15) is 27.6 Å². The van der Waals surface area contributed by atoms with Crippen molar-refractivity contribution in [1.29, 1.82) is 0 Å². The molecular formula is C19H16ClF. The van der Waals surface area contributed by atoms with Crippen molar-refractivity contribution in [3.8, 4) is 0 Å². The van der Waals surface area contributed by atoms with Crippen molar-refractivity contribution in [3.05, 3.63) is 82.7 Å². The quantitative estimate of drug-likeness (QED) is 0.515. The van der Waals surface area contributed by atoms with E-state index in [1.165, 1.54) is 5.56 Å². The summed E-state index contributed by atoms with van der Waals surface area (Å²) in [4.78, 5) is 0. The van der Waals surface area contributed by atoms with Crippen LogP contribution >= 0.6 is 11.6 Å². The predicted octanol–water partition coefficient (Wildman–Crippen LogP) is 5.92. The minimum atomic E-state index is -0.490. The van der Waals surface area contributed by atoms with Gasteiger partial charge in [0.25, 0.3) is 0 Å². The van der Waals surface area contributed by atoms with Crippen LogP contribution in [0.5, 0.6) is 0 Å². The molecule has 0 aliphatic carbocycles. The van der Waals surface area contributed by atoms with Crippen LogP contribution < -0.4 is 0 Å². The summed E-state index contributed by atoms with van der Waals surface area (Å²) in [5.74, 6) is -0.220. The van der Waals surface area contributed by atoms with Gasteiger partial charge in [-0.2, -0.15) is 0 Å². The molecule has 0 fully saturated rings. The molecule has 106 valence electrons. The molecule has 3 aromatic rings. The van der Waals surface area contributed by atoms with Crippen molar-refractivity contribution in [2.75, 3.05) is 0 Å². The minimum absolute atomic E-state index is 0.220. The van der Waals surface area contributed by atoms with Crippen LogP contribution in [0.3, 0.4) is 0 Å². The smallest absolute Gasteiger partial charge is 0.131 e. The highest BCUT2D eigenvalue weighted by molar-refractivity contribution is 6.23. The first-order valence-corrected chi connectivity index (χ1v) is 7.40. The Morgan fingerprint density at radius 2 is 1.48 bits per heavy atom. The zero-order valence-electron chi connectivity index (χ0n) is 12.0. The molecule has 21 heavy (non-hydrogen) atoms. The van der Waals surface area contributed by atoms with Gasteiger partial charge >= 0.3 is 0 Å². The van der Waals surface area contributed by atoms with Crippen LogP contribution in [-0.4, -0.2) is 0 Å². The van der Waals surface area contributed by atoms with Crippen molar-refractivity contribution in [2.45, 2.75) is 19.2 Å². The van der Waals surface area contributed by atoms with Crippen LogP contribution in [0.2, 0.25) is 0 Å². The van der Waals surface area contributed by atoms with Crippen LogP contribution in [0.25, 0.3) is 10.8 Å². The van der Waals surface area contributed by atoms with E-state index < -0.39 is 5.38 Å². The van der Waals surface area contributed by atoms with Crippen molar-refractivity contribution in [3.63, 3.8) is 0 Å². The lowest BCUT2D eigenvalue weighted by molar-refractivity contribution is 0.603. The van der Waals surface area contributed by atoms with Gasteiger partial charge in [0, 0.05) is 5.56 Å². The van der Waals surface area contributed by atoms with E-state index in [-0.39, 0.29) is 5.82 Å². The van der Waals surface area contributed by atoms with Crippen molar-refractivity contribution in [2.24, 2.45) is 0 Å². The van der Waals surface area contributed by atoms with Gasteiger partial charge in [0.15, 0.2) is 0 Å². The maximum absolute atomic E-state index is 14.3. The molecule has 0 heterocycles. The highest BCUT2D eigenvalue weighted by Crippen LogP contribution is 2.36. The normalized spacial score (nSPS) is 12.6. The van der Waals surface area contributed by atoms with Crippen LogP contribution in [0.15, 0.2) is 54.6 Å². The molecule has 0 spiro atoms. The van der Waals surface area contributed by atoms with Gasteiger partial charge < -0.3 is 0 Å². The van der Waals surface area contributed by atoms with Crippen LogP contribution in [0.4, 0.5) is 4.39 Å². The van der Waals surface area contributed by atoms with E-state index in [2.05, 4.69) is 13.0 Å². The second kappa shape index (κ2) is 5.50. The molecule has 0 bridgehead atoms. The number of aryl methyl sites for hydroxylation is 2. The SMILES string of the molecule is Cc1cccc(C(Cl)c2ccc(C)c3ccccc23)c1F. The molecule has 0 N–H and O–H groups in total. The third-order valence-electron chi connectivity index (χ3n) is 3.94. The van der Waals surface area contributed by atoms with Gasteiger partial charge in [0.05, 0.1) is 5.38 Å². The summed E-state index contributed by atoms with van der Waals surface area (Å²) in [5, 5.41) is 1.75. The van der Waals surface area contributed by atoms with Crippen LogP contribution in [-0.2, 0) is 0 Å². The van der Waals surface area contributed by atoms with Gasteiger partial charge in [0.1, 0.15) is 5.82 Å². The number of hydrogen-bond acceptors (Lipinski definition) is 0. The highest BCUT2D eigenvalue weighted by Gasteiger charge is 2.18. The lowest BCUT2D eigenvalue weighted by Crippen LogP contribution is -2.00. The fraction of sp³-hybridized carbons (Fsp3) is 0.158. The monoisotopic (exact) mass is 298 g/mol. The first kappa shape index (κ1) is 14.1. The molecule has 0 saturated carbocycles. The Morgan fingerprint density at radius 3 is 2.24 bits per heavy atom. The number of hydrogen-bond donors (Lipinski definition) is 0. The second-order valence-corrected chi connectivity index (χ2v) is 5.79. The second-order valence-electron chi connectivity index (χ2n) is 5.36. The van der Waals surface area contributed by atoms with Gasteiger partial charge in [-0.1, -0.05) is 54.6 Å². The molecule has 1 unspecified atom stereocenters. The lowest BCUT2D eigenvalue weighted by atomic mass is 9.94. The fourth-order valence-electron chi connectivity index (χ4n) is 2.73.